The second-order valence-corrected chi connectivity index (χ2v) is 5.92. The van der Waals surface area contributed by atoms with Crippen LogP contribution in [0.25, 0.3) is 11.0 Å². The van der Waals surface area contributed by atoms with Crippen LogP contribution in [0, 0.1) is 0 Å². The molecule has 0 saturated heterocycles. The van der Waals surface area contributed by atoms with Gasteiger partial charge in [-0.3, -0.25) is 0 Å². The van der Waals surface area contributed by atoms with Gasteiger partial charge in [0.2, 0.25) is 0 Å². The van der Waals surface area contributed by atoms with Crippen LogP contribution >= 0.6 is 0 Å². The van der Waals surface area contributed by atoms with E-state index in [1.165, 1.54) is 0 Å². The highest BCUT2D eigenvalue weighted by Crippen LogP contribution is 2.37. The third-order valence-electron chi connectivity index (χ3n) is 3.37. The van der Waals surface area contributed by atoms with Crippen molar-refractivity contribution in [2.75, 3.05) is 7.11 Å². The number of furan rings is 1. The highest BCUT2D eigenvalue weighted by molar-refractivity contribution is 5.84. The lowest BCUT2D eigenvalue weighted by Gasteiger charge is -2.20. The van der Waals surface area contributed by atoms with E-state index in [2.05, 4.69) is 20.8 Å². The first-order valence-electron chi connectivity index (χ1n) is 6.66. The summed E-state index contributed by atoms with van der Waals surface area (Å²) in [6, 6.07) is 5.86. The fourth-order valence-electron chi connectivity index (χ4n) is 2.19. The molecule has 3 nitrogen and oxygen atoms in total. The van der Waals surface area contributed by atoms with Gasteiger partial charge in [-0.15, -0.1) is 0 Å². The zero-order valence-electron chi connectivity index (χ0n) is 12.3. The van der Waals surface area contributed by atoms with Crippen molar-refractivity contribution in [3.8, 4) is 5.75 Å². The number of rotatable bonds is 3. The molecule has 2 rings (SSSR count). The van der Waals surface area contributed by atoms with Gasteiger partial charge < -0.3 is 14.3 Å². The molecule has 2 aromatic rings. The first-order valence-corrected chi connectivity index (χ1v) is 6.66. The van der Waals surface area contributed by atoms with E-state index in [1.807, 2.05) is 25.1 Å². The highest BCUT2D eigenvalue weighted by atomic mass is 16.5. The molecule has 0 aliphatic heterocycles. The van der Waals surface area contributed by atoms with Gasteiger partial charge in [0.05, 0.1) is 7.11 Å². The monoisotopic (exact) mass is 262 g/mol. The molecule has 0 spiro atoms. The zero-order valence-corrected chi connectivity index (χ0v) is 12.3. The molecular formula is C16H22O3. The summed E-state index contributed by atoms with van der Waals surface area (Å²) in [6.07, 6.45) is 0.0909. The molecule has 0 amide bonds. The lowest BCUT2D eigenvalue weighted by atomic mass is 9.86. The maximum atomic E-state index is 9.93. The van der Waals surface area contributed by atoms with Crippen molar-refractivity contribution in [2.24, 2.45) is 0 Å². The van der Waals surface area contributed by atoms with Crippen molar-refractivity contribution < 1.29 is 14.3 Å². The van der Waals surface area contributed by atoms with Gasteiger partial charge in [0.1, 0.15) is 23.2 Å². The van der Waals surface area contributed by atoms with Gasteiger partial charge in [0, 0.05) is 10.9 Å². The molecule has 19 heavy (non-hydrogen) atoms. The molecule has 0 saturated carbocycles. The summed E-state index contributed by atoms with van der Waals surface area (Å²) >= 11 is 0. The molecule has 0 radical (unpaired) electrons. The Labute approximate surface area is 114 Å². The van der Waals surface area contributed by atoms with Crippen LogP contribution in [0.4, 0.5) is 0 Å². The van der Waals surface area contributed by atoms with E-state index in [4.69, 9.17) is 9.15 Å². The lowest BCUT2D eigenvalue weighted by molar-refractivity contribution is 0.148. The number of ether oxygens (including phenoxy) is 1. The number of hydrogen-bond donors (Lipinski definition) is 1. The quantitative estimate of drug-likeness (QED) is 0.902. The first-order chi connectivity index (χ1) is 8.86. The molecular weight excluding hydrogens is 240 g/mol. The fraction of sp³-hybridized carbons (Fsp3) is 0.500. The van der Waals surface area contributed by atoms with Crippen molar-refractivity contribution in [1.82, 2.24) is 0 Å². The topological polar surface area (TPSA) is 42.6 Å². The summed E-state index contributed by atoms with van der Waals surface area (Å²) in [6.45, 7) is 8.35. The summed E-state index contributed by atoms with van der Waals surface area (Å²) in [4.78, 5) is 0. The van der Waals surface area contributed by atoms with Gasteiger partial charge >= 0.3 is 0 Å². The van der Waals surface area contributed by atoms with Crippen LogP contribution in [0.15, 0.2) is 22.6 Å². The maximum Gasteiger partial charge on any atom is 0.138 e. The molecule has 1 N–H and O–H groups in total. The third kappa shape index (κ3) is 2.61. The number of aliphatic hydroxyl groups is 1. The summed E-state index contributed by atoms with van der Waals surface area (Å²) in [5, 5.41) is 10.9. The second-order valence-electron chi connectivity index (χ2n) is 5.92. The Morgan fingerprint density at radius 3 is 2.47 bits per heavy atom. The van der Waals surface area contributed by atoms with E-state index in [0.717, 1.165) is 22.3 Å². The molecule has 1 atom stereocenters. The number of hydrogen-bond acceptors (Lipinski definition) is 3. The summed E-state index contributed by atoms with van der Waals surface area (Å²) in [5.74, 6) is 1.44. The number of fused-ring (bicyclic) bond motifs is 1. The average Bonchev–Trinajstić information content (AvgIpc) is 2.78. The predicted molar refractivity (Wildman–Crippen MR) is 76.7 cm³/mol. The molecule has 3 heteroatoms. The SMILES string of the molecule is CCC(O)c1cc2cc(OC)cc(C(C)(C)C)c2o1. The van der Waals surface area contributed by atoms with Crippen molar-refractivity contribution >= 4 is 11.0 Å². The molecule has 1 aromatic carbocycles. The smallest absolute Gasteiger partial charge is 0.138 e. The largest absolute Gasteiger partial charge is 0.497 e. The van der Waals surface area contributed by atoms with Gasteiger partial charge in [0.15, 0.2) is 0 Å². The summed E-state index contributed by atoms with van der Waals surface area (Å²) < 4.78 is 11.2. The highest BCUT2D eigenvalue weighted by Gasteiger charge is 2.22. The Bertz CT molecular complexity index is 575. The standard InChI is InChI=1S/C16H22O3/c1-6-13(17)14-8-10-7-11(18-5)9-12(15(10)19-14)16(2,3)4/h7-9,13,17H,6H2,1-5H3. The van der Waals surface area contributed by atoms with Crippen LogP contribution in [0.3, 0.4) is 0 Å². The van der Waals surface area contributed by atoms with Crippen LogP contribution in [-0.4, -0.2) is 12.2 Å². The van der Waals surface area contributed by atoms with Crippen LogP contribution in [0.1, 0.15) is 51.5 Å². The molecule has 0 bridgehead atoms. The molecule has 104 valence electrons. The van der Waals surface area contributed by atoms with Gasteiger partial charge in [-0.2, -0.15) is 0 Å². The van der Waals surface area contributed by atoms with Crippen LogP contribution in [0.5, 0.6) is 5.75 Å². The summed E-state index contributed by atoms with van der Waals surface area (Å²) in [7, 11) is 1.66. The van der Waals surface area contributed by atoms with E-state index in [9.17, 15) is 5.11 Å². The van der Waals surface area contributed by atoms with Crippen LogP contribution in [-0.2, 0) is 5.41 Å². The molecule has 1 heterocycles. The number of aliphatic hydroxyl groups excluding tert-OH is 1. The van der Waals surface area contributed by atoms with E-state index < -0.39 is 6.10 Å². The first kappa shape index (κ1) is 13.9. The van der Waals surface area contributed by atoms with Crippen molar-refractivity contribution in [3.63, 3.8) is 0 Å². The fourth-order valence-corrected chi connectivity index (χ4v) is 2.19. The van der Waals surface area contributed by atoms with Crippen molar-refractivity contribution in [1.29, 1.82) is 0 Å². The predicted octanol–water partition coefficient (Wildman–Crippen LogP) is 4.18. The van der Waals surface area contributed by atoms with Crippen LogP contribution < -0.4 is 4.74 Å². The maximum absolute atomic E-state index is 9.93. The lowest BCUT2D eigenvalue weighted by Crippen LogP contribution is -2.11. The van der Waals surface area contributed by atoms with Crippen molar-refractivity contribution in [3.05, 3.63) is 29.5 Å². The van der Waals surface area contributed by atoms with Gasteiger partial charge in [0.25, 0.3) is 0 Å². The molecule has 0 fully saturated rings. The van der Waals surface area contributed by atoms with E-state index >= 15 is 0 Å². The van der Waals surface area contributed by atoms with E-state index in [1.54, 1.807) is 7.11 Å². The van der Waals surface area contributed by atoms with Gasteiger partial charge in [-0.1, -0.05) is 27.7 Å². The Kier molecular flexibility index (Phi) is 3.59. The molecule has 1 aromatic heterocycles. The van der Waals surface area contributed by atoms with Crippen LogP contribution in [0.2, 0.25) is 0 Å². The van der Waals surface area contributed by atoms with Gasteiger partial charge in [-0.05, 0) is 30.0 Å². The summed E-state index contributed by atoms with van der Waals surface area (Å²) in [5.41, 5.74) is 1.89. The second kappa shape index (κ2) is 4.89. The Morgan fingerprint density at radius 2 is 1.95 bits per heavy atom. The minimum atomic E-state index is -0.550. The Morgan fingerprint density at radius 1 is 1.26 bits per heavy atom. The van der Waals surface area contributed by atoms with Gasteiger partial charge in [-0.25, -0.2) is 0 Å². The minimum absolute atomic E-state index is 0.0426. The number of benzene rings is 1. The third-order valence-corrected chi connectivity index (χ3v) is 3.37. The minimum Gasteiger partial charge on any atom is -0.497 e. The van der Waals surface area contributed by atoms with E-state index in [0.29, 0.717) is 12.2 Å². The Hall–Kier alpha value is -1.48. The molecule has 1 unspecified atom stereocenters. The Balaban J connectivity index is 2.68. The zero-order chi connectivity index (χ0) is 14.2. The molecule has 0 aliphatic rings. The number of methoxy groups -OCH3 is 1. The average molecular weight is 262 g/mol. The normalized spacial score (nSPS) is 13.8. The van der Waals surface area contributed by atoms with E-state index in [-0.39, 0.29) is 5.41 Å². The molecule has 0 aliphatic carbocycles. The van der Waals surface area contributed by atoms with Crippen molar-refractivity contribution in [2.45, 2.75) is 45.6 Å².